The summed E-state index contributed by atoms with van der Waals surface area (Å²) in [4.78, 5) is 1.19. The number of nitrogens with one attached hydrogen (secondary N) is 1. The highest BCUT2D eigenvalue weighted by atomic mass is 35.5. The number of benzene rings is 1. The Labute approximate surface area is 104 Å². The monoisotopic (exact) mass is 253 g/mol. The van der Waals surface area contributed by atoms with E-state index in [0.29, 0.717) is 0 Å². The summed E-state index contributed by atoms with van der Waals surface area (Å²) in [5.74, 6) is 0. The molecular weight excluding hydrogens is 242 g/mol. The van der Waals surface area contributed by atoms with Crippen molar-refractivity contribution in [3.8, 4) is 0 Å². The van der Waals surface area contributed by atoms with Gasteiger partial charge in [-0.15, -0.1) is 11.3 Å². The molecule has 84 valence electrons. The zero-order valence-corrected chi connectivity index (χ0v) is 10.2. The van der Waals surface area contributed by atoms with E-state index < -0.39 is 0 Å². The molecule has 0 fully saturated rings. The van der Waals surface area contributed by atoms with Crippen molar-refractivity contribution in [3.63, 3.8) is 0 Å². The van der Waals surface area contributed by atoms with Crippen LogP contribution in [0.3, 0.4) is 0 Å². The summed E-state index contributed by atoms with van der Waals surface area (Å²) in [7, 11) is 0. The van der Waals surface area contributed by atoms with Crippen molar-refractivity contribution in [3.05, 3.63) is 51.2 Å². The number of hydrogen-bond acceptors (Lipinski definition) is 3. The Bertz CT molecular complexity index is 470. The van der Waals surface area contributed by atoms with Crippen molar-refractivity contribution in [2.45, 2.75) is 13.2 Å². The topological polar surface area (TPSA) is 32.3 Å². The van der Waals surface area contributed by atoms with E-state index >= 15 is 0 Å². The molecule has 0 radical (unpaired) electrons. The smallest absolute Gasteiger partial charge is 0.0682 e. The first-order chi connectivity index (χ1) is 7.78. The minimum absolute atomic E-state index is 0.0698. The van der Waals surface area contributed by atoms with E-state index in [1.54, 1.807) is 11.3 Å². The fraction of sp³-hybridized carbons (Fsp3) is 0.167. The largest absolute Gasteiger partial charge is 0.392 e. The fourth-order valence-corrected chi connectivity index (χ4v) is 2.43. The number of halogens is 1. The highest BCUT2D eigenvalue weighted by molar-refractivity contribution is 7.10. The lowest BCUT2D eigenvalue weighted by Gasteiger charge is -2.05. The van der Waals surface area contributed by atoms with Crippen molar-refractivity contribution >= 4 is 28.6 Å². The van der Waals surface area contributed by atoms with Crippen LogP contribution in [-0.4, -0.2) is 5.11 Å². The first kappa shape index (κ1) is 11.5. The Morgan fingerprint density at radius 1 is 1.31 bits per heavy atom. The molecule has 2 nitrogen and oxygen atoms in total. The van der Waals surface area contributed by atoms with Crippen LogP contribution < -0.4 is 5.32 Å². The Kier molecular flexibility index (Phi) is 3.83. The zero-order chi connectivity index (χ0) is 11.4. The van der Waals surface area contributed by atoms with Crippen molar-refractivity contribution in [2.75, 3.05) is 5.32 Å². The summed E-state index contributed by atoms with van der Waals surface area (Å²) in [6.07, 6.45) is 0. The highest BCUT2D eigenvalue weighted by Gasteiger charge is 1.98. The van der Waals surface area contributed by atoms with Gasteiger partial charge in [0.2, 0.25) is 0 Å². The van der Waals surface area contributed by atoms with E-state index in [9.17, 15) is 0 Å². The molecule has 0 atom stereocenters. The lowest BCUT2D eigenvalue weighted by Crippen LogP contribution is -1.97. The highest BCUT2D eigenvalue weighted by Crippen LogP contribution is 2.20. The van der Waals surface area contributed by atoms with Crippen LogP contribution in [0.2, 0.25) is 5.02 Å². The number of rotatable bonds is 4. The molecule has 0 aliphatic heterocycles. The lowest BCUT2D eigenvalue weighted by molar-refractivity contribution is 0.282. The van der Waals surface area contributed by atoms with E-state index in [1.165, 1.54) is 4.88 Å². The van der Waals surface area contributed by atoms with Gasteiger partial charge in [0.15, 0.2) is 0 Å². The zero-order valence-electron chi connectivity index (χ0n) is 8.61. The van der Waals surface area contributed by atoms with E-state index in [2.05, 4.69) is 5.32 Å². The van der Waals surface area contributed by atoms with Gasteiger partial charge in [-0.2, -0.15) is 0 Å². The van der Waals surface area contributed by atoms with Crippen molar-refractivity contribution in [1.29, 1.82) is 0 Å². The predicted molar refractivity (Wildman–Crippen MR) is 69.0 cm³/mol. The second-order valence-electron chi connectivity index (χ2n) is 3.44. The Hall–Kier alpha value is -1.03. The Balaban J connectivity index is 1.99. The maximum Gasteiger partial charge on any atom is 0.0682 e. The van der Waals surface area contributed by atoms with Crippen LogP contribution in [0.25, 0.3) is 0 Å². The second-order valence-corrected chi connectivity index (χ2v) is 4.88. The van der Waals surface area contributed by atoms with Crippen LogP contribution in [0.5, 0.6) is 0 Å². The molecule has 1 aromatic carbocycles. The van der Waals surface area contributed by atoms with Crippen LogP contribution in [-0.2, 0) is 13.2 Å². The van der Waals surface area contributed by atoms with E-state index in [4.69, 9.17) is 16.7 Å². The van der Waals surface area contributed by atoms with Crippen LogP contribution in [0.15, 0.2) is 35.7 Å². The minimum Gasteiger partial charge on any atom is -0.392 e. The molecule has 0 unspecified atom stereocenters. The maximum atomic E-state index is 9.01. The van der Waals surface area contributed by atoms with Gasteiger partial charge in [0.1, 0.15) is 0 Å². The minimum atomic E-state index is 0.0698. The van der Waals surface area contributed by atoms with Crippen molar-refractivity contribution in [1.82, 2.24) is 0 Å². The van der Waals surface area contributed by atoms with E-state index in [1.807, 2.05) is 35.7 Å². The number of anilines is 1. The maximum absolute atomic E-state index is 9.01. The third-order valence-electron chi connectivity index (χ3n) is 2.20. The van der Waals surface area contributed by atoms with Gasteiger partial charge in [-0.3, -0.25) is 0 Å². The van der Waals surface area contributed by atoms with Crippen LogP contribution in [0, 0.1) is 0 Å². The molecule has 0 aliphatic rings. The van der Waals surface area contributed by atoms with Crippen LogP contribution in [0.4, 0.5) is 5.69 Å². The second kappa shape index (κ2) is 5.34. The van der Waals surface area contributed by atoms with E-state index in [-0.39, 0.29) is 6.61 Å². The Morgan fingerprint density at radius 3 is 2.88 bits per heavy atom. The summed E-state index contributed by atoms with van der Waals surface area (Å²) < 4.78 is 0. The summed E-state index contributed by atoms with van der Waals surface area (Å²) in [6.45, 7) is 0.826. The molecule has 16 heavy (non-hydrogen) atoms. The average Bonchev–Trinajstić information content (AvgIpc) is 2.73. The molecule has 4 heteroatoms. The predicted octanol–water partition coefficient (Wildman–Crippen LogP) is 3.51. The standard InChI is InChI=1S/C12H12ClNOS/c13-10-5-12(16-8-10)6-14-11-3-1-2-9(4-11)7-15/h1-5,8,14-15H,6-7H2. The third kappa shape index (κ3) is 2.98. The molecule has 0 spiro atoms. The van der Waals surface area contributed by atoms with E-state index in [0.717, 1.165) is 22.8 Å². The molecule has 2 rings (SSSR count). The summed E-state index contributed by atoms with van der Waals surface area (Å²) >= 11 is 7.47. The van der Waals surface area contributed by atoms with Gasteiger partial charge in [-0.1, -0.05) is 23.7 Å². The Morgan fingerprint density at radius 2 is 2.19 bits per heavy atom. The van der Waals surface area contributed by atoms with Crippen LogP contribution >= 0.6 is 22.9 Å². The molecular formula is C12H12ClNOS. The molecule has 0 amide bonds. The number of aliphatic hydroxyl groups excluding tert-OH is 1. The first-order valence-electron chi connectivity index (χ1n) is 4.94. The number of thiophene rings is 1. The molecule has 1 aromatic heterocycles. The summed E-state index contributed by atoms with van der Waals surface area (Å²) in [5.41, 5.74) is 1.92. The molecule has 0 bridgehead atoms. The SMILES string of the molecule is OCc1cccc(NCc2cc(Cl)cs2)c1. The third-order valence-corrected chi connectivity index (χ3v) is 3.48. The van der Waals surface area contributed by atoms with Crippen LogP contribution in [0.1, 0.15) is 10.4 Å². The van der Waals surface area contributed by atoms with Gasteiger partial charge in [0.25, 0.3) is 0 Å². The molecule has 1 heterocycles. The molecule has 2 aromatic rings. The first-order valence-corrected chi connectivity index (χ1v) is 6.20. The van der Waals surface area contributed by atoms with Gasteiger partial charge < -0.3 is 10.4 Å². The summed E-state index contributed by atoms with van der Waals surface area (Å²) in [6, 6.07) is 9.70. The van der Waals surface area contributed by atoms with Crippen molar-refractivity contribution in [2.24, 2.45) is 0 Å². The van der Waals surface area contributed by atoms with Gasteiger partial charge in [-0.05, 0) is 23.8 Å². The molecule has 2 N–H and O–H groups in total. The number of aliphatic hydroxyl groups is 1. The molecule has 0 saturated heterocycles. The van der Waals surface area contributed by atoms with Gasteiger partial charge in [0, 0.05) is 22.5 Å². The van der Waals surface area contributed by atoms with Gasteiger partial charge >= 0.3 is 0 Å². The van der Waals surface area contributed by atoms with Gasteiger partial charge in [0.05, 0.1) is 11.6 Å². The lowest BCUT2D eigenvalue weighted by atomic mass is 10.2. The number of hydrogen-bond donors (Lipinski definition) is 2. The molecule has 0 saturated carbocycles. The summed E-state index contributed by atoms with van der Waals surface area (Å²) in [5, 5.41) is 15.0. The van der Waals surface area contributed by atoms with Crippen molar-refractivity contribution < 1.29 is 5.11 Å². The fourth-order valence-electron chi connectivity index (χ4n) is 1.42. The quantitative estimate of drug-likeness (QED) is 0.874. The average molecular weight is 254 g/mol. The normalized spacial score (nSPS) is 10.4. The molecule has 0 aliphatic carbocycles. The van der Waals surface area contributed by atoms with Gasteiger partial charge in [-0.25, -0.2) is 0 Å².